The maximum Gasteiger partial charge on any atom is 0.315 e. The van der Waals surface area contributed by atoms with Crippen LogP contribution in [-0.2, 0) is 11.3 Å². The fourth-order valence-corrected chi connectivity index (χ4v) is 1.47. The van der Waals surface area contributed by atoms with Gasteiger partial charge in [-0.15, -0.1) is 0 Å². The van der Waals surface area contributed by atoms with Crippen LogP contribution < -0.4 is 10.6 Å². The summed E-state index contributed by atoms with van der Waals surface area (Å²) in [6.45, 7) is 7.59. The number of carboxylic acids is 1. The van der Waals surface area contributed by atoms with E-state index in [-0.39, 0.29) is 6.03 Å². The van der Waals surface area contributed by atoms with E-state index in [1.165, 1.54) is 0 Å². The molecule has 3 N–H and O–H groups in total. The van der Waals surface area contributed by atoms with Gasteiger partial charge >= 0.3 is 12.0 Å². The molecule has 0 aromatic carbocycles. The molecule has 0 aliphatic rings. The molecule has 0 saturated heterocycles. The monoisotopic (exact) mass is 282 g/mol. The quantitative estimate of drug-likeness (QED) is 0.727. The summed E-state index contributed by atoms with van der Waals surface area (Å²) in [6, 6.07) is -0.385. The second-order valence-corrected chi connectivity index (χ2v) is 5.74. The van der Waals surface area contributed by atoms with Crippen LogP contribution in [0.25, 0.3) is 0 Å². The molecule has 2 amide bonds. The van der Waals surface area contributed by atoms with Gasteiger partial charge in [0.05, 0.1) is 17.3 Å². The number of nitrogens with one attached hydrogen (secondary N) is 2. The SMILES string of the molecule is CC(C)(NC(=O)NCCn1ccnc1)C(C)(C)C(=O)O. The molecule has 7 heteroatoms. The van der Waals surface area contributed by atoms with Crippen molar-refractivity contribution in [3.8, 4) is 0 Å². The van der Waals surface area contributed by atoms with Crippen molar-refractivity contribution in [2.24, 2.45) is 5.41 Å². The van der Waals surface area contributed by atoms with Crippen molar-refractivity contribution in [3.63, 3.8) is 0 Å². The van der Waals surface area contributed by atoms with Gasteiger partial charge in [0.2, 0.25) is 0 Å². The topological polar surface area (TPSA) is 96.3 Å². The highest BCUT2D eigenvalue weighted by molar-refractivity contribution is 5.79. The first-order valence-electron chi connectivity index (χ1n) is 6.42. The van der Waals surface area contributed by atoms with Crippen LogP contribution in [0.1, 0.15) is 27.7 Å². The molecular weight excluding hydrogens is 260 g/mol. The largest absolute Gasteiger partial charge is 0.481 e. The van der Waals surface area contributed by atoms with Gasteiger partial charge in [0.15, 0.2) is 0 Å². The second kappa shape index (κ2) is 5.94. The number of imidazole rings is 1. The first-order valence-corrected chi connectivity index (χ1v) is 6.42. The molecule has 1 aromatic rings. The molecule has 1 heterocycles. The van der Waals surface area contributed by atoms with Gasteiger partial charge in [0.25, 0.3) is 0 Å². The Morgan fingerprint density at radius 3 is 2.45 bits per heavy atom. The Labute approximate surface area is 118 Å². The lowest BCUT2D eigenvalue weighted by atomic mass is 9.74. The Bertz CT molecular complexity index is 466. The molecule has 0 aliphatic heterocycles. The van der Waals surface area contributed by atoms with E-state index in [0.717, 1.165) is 0 Å². The number of hydrogen-bond donors (Lipinski definition) is 3. The fourth-order valence-electron chi connectivity index (χ4n) is 1.47. The minimum atomic E-state index is -1.07. The molecule has 0 saturated carbocycles. The summed E-state index contributed by atoms with van der Waals surface area (Å²) in [6.07, 6.45) is 5.13. The summed E-state index contributed by atoms with van der Waals surface area (Å²) in [7, 11) is 0. The summed E-state index contributed by atoms with van der Waals surface area (Å²) < 4.78 is 1.84. The van der Waals surface area contributed by atoms with Crippen molar-refractivity contribution in [3.05, 3.63) is 18.7 Å². The van der Waals surface area contributed by atoms with E-state index in [4.69, 9.17) is 0 Å². The molecule has 0 unspecified atom stereocenters. The summed E-state index contributed by atoms with van der Waals surface area (Å²) in [5.74, 6) is -0.957. The summed E-state index contributed by atoms with van der Waals surface area (Å²) in [4.78, 5) is 27.0. The number of rotatable bonds is 6. The highest BCUT2D eigenvalue weighted by Crippen LogP contribution is 2.30. The Morgan fingerprint density at radius 1 is 1.30 bits per heavy atom. The van der Waals surface area contributed by atoms with Gasteiger partial charge in [-0.1, -0.05) is 0 Å². The molecule has 0 atom stereocenters. The van der Waals surface area contributed by atoms with Gasteiger partial charge in [-0.2, -0.15) is 0 Å². The van der Waals surface area contributed by atoms with Crippen molar-refractivity contribution in [1.82, 2.24) is 20.2 Å². The number of carboxylic acid groups (broad SMARTS) is 1. The maximum atomic E-state index is 11.8. The lowest BCUT2D eigenvalue weighted by Gasteiger charge is -2.38. The van der Waals surface area contributed by atoms with Crippen LogP contribution in [0.4, 0.5) is 4.79 Å². The minimum absolute atomic E-state index is 0.385. The number of nitrogens with zero attached hydrogens (tertiary/aromatic N) is 2. The first-order chi connectivity index (χ1) is 9.17. The van der Waals surface area contributed by atoms with Crippen LogP contribution in [0.15, 0.2) is 18.7 Å². The number of urea groups is 1. The molecule has 7 nitrogen and oxygen atoms in total. The average molecular weight is 282 g/mol. The summed E-state index contributed by atoms with van der Waals surface area (Å²) in [5, 5.41) is 14.6. The number of carbonyl (C=O) groups is 2. The Balaban J connectivity index is 2.47. The van der Waals surface area contributed by atoms with Crippen LogP contribution in [0, 0.1) is 5.41 Å². The van der Waals surface area contributed by atoms with Crippen LogP contribution in [0.3, 0.4) is 0 Å². The van der Waals surface area contributed by atoms with E-state index < -0.39 is 16.9 Å². The van der Waals surface area contributed by atoms with Gasteiger partial charge < -0.3 is 20.3 Å². The van der Waals surface area contributed by atoms with Crippen LogP contribution in [-0.4, -0.2) is 38.7 Å². The zero-order valence-corrected chi connectivity index (χ0v) is 12.3. The van der Waals surface area contributed by atoms with E-state index in [1.807, 2.05) is 4.57 Å². The lowest BCUT2D eigenvalue weighted by molar-refractivity contribution is -0.150. The lowest BCUT2D eigenvalue weighted by Crippen LogP contribution is -2.59. The van der Waals surface area contributed by atoms with Crippen molar-refractivity contribution in [2.75, 3.05) is 6.54 Å². The molecule has 0 fully saturated rings. The van der Waals surface area contributed by atoms with E-state index in [9.17, 15) is 14.7 Å². The molecule has 112 valence electrons. The Morgan fingerprint density at radius 2 is 1.95 bits per heavy atom. The van der Waals surface area contributed by atoms with Crippen LogP contribution in [0.5, 0.6) is 0 Å². The molecule has 1 aromatic heterocycles. The average Bonchev–Trinajstić information content (AvgIpc) is 2.80. The zero-order chi connectivity index (χ0) is 15.4. The number of aliphatic carboxylic acids is 1. The third-order valence-electron chi connectivity index (χ3n) is 3.74. The van der Waals surface area contributed by atoms with E-state index in [0.29, 0.717) is 13.1 Å². The van der Waals surface area contributed by atoms with Crippen LogP contribution >= 0.6 is 0 Å². The zero-order valence-electron chi connectivity index (χ0n) is 12.3. The van der Waals surface area contributed by atoms with E-state index in [2.05, 4.69) is 15.6 Å². The third kappa shape index (κ3) is 3.72. The standard InChI is InChI=1S/C13H22N4O3/c1-12(2,10(18)19)13(3,4)16-11(20)15-6-8-17-7-5-14-9-17/h5,7,9H,6,8H2,1-4H3,(H,18,19)(H2,15,16,20). The van der Waals surface area contributed by atoms with Crippen molar-refractivity contribution in [1.29, 1.82) is 0 Å². The molecule has 1 rings (SSSR count). The van der Waals surface area contributed by atoms with Gasteiger partial charge in [-0.05, 0) is 27.7 Å². The van der Waals surface area contributed by atoms with Gasteiger partial charge in [0, 0.05) is 25.5 Å². The predicted octanol–water partition coefficient (Wildman–Crippen LogP) is 1.07. The number of aromatic nitrogens is 2. The van der Waals surface area contributed by atoms with Crippen LogP contribution in [0.2, 0.25) is 0 Å². The number of carbonyl (C=O) groups excluding carboxylic acids is 1. The number of hydrogen-bond acceptors (Lipinski definition) is 3. The molecule has 0 aliphatic carbocycles. The smallest absolute Gasteiger partial charge is 0.315 e. The maximum absolute atomic E-state index is 11.8. The minimum Gasteiger partial charge on any atom is -0.481 e. The molecular formula is C13H22N4O3. The summed E-state index contributed by atoms with van der Waals surface area (Å²) >= 11 is 0. The second-order valence-electron chi connectivity index (χ2n) is 5.74. The fraction of sp³-hybridized carbons (Fsp3) is 0.615. The highest BCUT2D eigenvalue weighted by Gasteiger charge is 2.44. The van der Waals surface area contributed by atoms with Gasteiger partial charge in [-0.3, -0.25) is 4.79 Å². The van der Waals surface area contributed by atoms with E-state index >= 15 is 0 Å². The molecule has 0 bridgehead atoms. The van der Waals surface area contributed by atoms with E-state index in [1.54, 1.807) is 46.4 Å². The Hall–Kier alpha value is -2.05. The third-order valence-corrected chi connectivity index (χ3v) is 3.74. The molecule has 20 heavy (non-hydrogen) atoms. The molecule has 0 radical (unpaired) electrons. The first kappa shape index (κ1) is 16.0. The highest BCUT2D eigenvalue weighted by atomic mass is 16.4. The normalized spacial score (nSPS) is 12.0. The van der Waals surface area contributed by atoms with Crippen molar-refractivity contribution >= 4 is 12.0 Å². The van der Waals surface area contributed by atoms with Crippen molar-refractivity contribution < 1.29 is 14.7 Å². The van der Waals surface area contributed by atoms with Gasteiger partial charge in [-0.25, -0.2) is 9.78 Å². The predicted molar refractivity (Wildman–Crippen MR) is 74.3 cm³/mol. The van der Waals surface area contributed by atoms with Gasteiger partial charge in [0.1, 0.15) is 0 Å². The number of amides is 2. The van der Waals surface area contributed by atoms with Crippen molar-refractivity contribution in [2.45, 2.75) is 39.8 Å². The molecule has 0 spiro atoms. The Kier molecular flexibility index (Phi) is 4.75. The summed E-state index contributed by atoms with van der Waals surface area (Å²) in [5.41, 5.74) is -1.95.